The molecule has 0 atom stereocenters. The van der Waals surface area contributed by atoms with Crippen LogP contribution in [-0.2, 0) is 6.54 Å². The molecule has 1 aromatic carbocycles. The monoisotopic (exact) mass is 270 g/mol. The molecule has 1 aromatic heterocycles. The third-order valence-electron chi connectivity index (χ3n) is 2.09. The van der Waals surface area contributed by atoms with Gasteiger partial charge in [-0.25, -0.2) is 9.78 Å². The third kappa shape index (κ3) is 2.82. The second-order valence-electron chi connectivity index (χ2n) is 3.16. The predicted molar refractivity (Wildman–Crippen MR) is 69.6 cm³/mol. The second kappa shape index (κ2) is 5.77. The first-order chi connectivity index (χ1) is 7.72. The molecule has 2 rings (SSSR count). The summed E-state index contributed by atoms with van der Waals surface area (Å²) in [6, 6.07) is 9.24. The normalized spacial score (nSPS) is 9.71. The van der Waals surface area contributed by atoms with E-state index in [1.165, 1.54) is 0 Å². The van der Waals surface area contributed by atoms with E-state index in [-0.39, 0.29) is 23.8 Å². The molecule has 0 spiro atoms. The quantitative estimate of drug-likeness (QED) is 0.898. The molecule has 6 heteroatoms. The molecule has 0 saturated heterocycles. The van der Waals surface area contributed by atoms with Gasteiger partial charge in [-0.3, -0.25) is 0 Å². The first-order valence-corrected chi connectivity index (χ1v) is 5.52. The van der Waals surface area contributed by atoms with Crippen molar-refractivity contribution in [2.75, 3.05) is 0 Å². The minimum Gasteiger partial charge on any atom is -0.477 e. The summed E-state index contributed by atoms with van der Waals surface area (Å²) in [7, 11) is 0. The molecule has 0 unspecified atom stereocenters. The Morgan fingerprint density at radius 3 is 2.53 bits per heavy atom. The number of hydrogen-bond donors (Lipinski definition) is 2. The Balaban J connectivity index is 0.00000144. The SMILES string of the molecule is Cl.NCc1nc(-c2ccccc2)c(C(=O)O)s1. The highest BCUT2D eigenvalue weighted by molar-refractivity contribution is 7.14. The predicted octanol–water partition coefficient (Wildman–Crippen LogP) is 2.39. The Kier molecular flexibility index (Phi) is 4.62. The maximum atomic E-state index is 11.1. The molecular formula is C11H11ClN2O2S. The molecule has 2 aromatic rings. The average molecular weight is 271 g/mol. The summed E-state index contributed by atoms with van der Waals surface area (Å²) in [4.78, 5) is 15.5. The average Bonchev–Trinajstić information content (AvgIpc) is 2.74. The van der Waals surface area contributed by atoms with Gasteiger partial charge < -0.3 is 10.8 Å². The number of rotatable bonds is 3. The Hall–Kier alpha value is -1.43. The zero-order chi connectivity index (χ0) is 11.5. The smallest absolute Gasteiger partial charge is 0.348 e. The van der Waals surface area contributed by atoms with Crippen LogP contribution in [0.25, 0.3) is 11.3 Å². The van der Waals surface area contributed by atoms with Crippen molar-refractivity contribution in [3.8, 4) is 11.3 Å². The second-order valence-corrected chi connectivity index (χ2v) is 4.24. The number of carboxylic acid groups (broad SMARTS) is 1. The molecule has 90 valence electrons. The Labute approximate surface area is 109 Å². The molecule has 1 heterocycles. The van der Waals surface area contributed by atoms with Gasteiger partial charge in [0, 0.05) is 12.1 Å². The van der Waals surface area contributed by atoms with Gasteiger partial charge in [0.05, 0.1) is 5.69 Å². The van der Waals surface area contributed by atoms with E-state index >= 15 is 0 Å². The fourth-order valence-electron chi connectivity index (χ4n) is 1.39. The lowest BCUT2D eigenvalue weighted by Gasteiger charge is -1.97. The van der Waals surface area contributed by atoms with Gasteiger partial charge in [-0.15, -0.1) is 23.7 Å². The van der Waals surface area contributed by atoms with E-state index in [1.54, 1.807) is 0 Å². The Morgan fingerprint density at radius 2 is 2.00 bits per heavy atom. The molecular weight excluding hydrogens is 260 g/mol. The van der Waals surface area contributed by atoms with Gasteiger partial charge in [0.1, 0.15) is 9.88 Å². The van der Waals surface area contributed by atoms with Crippen LogP contribution in [0.4, 0.5) is 0 Å². The molecule has 0 aliphatic carbocycles. The number of nitrogens with two attached hydrogens (primary N) is 1. The number of hydrogen-bond acceptors (Lipinski definition) is 4. The zero-order valence-corrected chi connectivity index (χ0v) is 10.4. The minimum atomic E-state index is -0.962. The van der Waals surface area contributed by atoms with Gasteiger partial charge in [-0.05, 0) is 0 Å². The molecule has 0 fully saturated rings. The lowest BCUT2D eigenvalue weighted by atomic mass is 10.1. The standard InChI is InChI=1S/C11H10N2O2S.ClH/c12-6-8-13-9(10(16-8)11(14)15)7-4-2-1-3-5-7;/h1-5H,6,12H2,(H,14,15);1H. The molecule has 0 saturated carbocycles. The van der Waals surface area contributed by atoms with Crippen molar-refractivity contribution in [2.45, 2.75) is 6.54 Å². The van der Waals surface area contributed by atoms with E-state index in [1.807, 2.05) is 30.3 Å². The highest BCUT2D eigenvalue weighted by Crippen LogP contribution is 2.27. The number of nitrogens with zero attached hydrogens (tertiary/aromatic N) is 1. The number of thiazole rings is 1. The van der Waals surface area contributed by atoms with Crippen molar-refractivity contribution in [1.29, 1.82) is 0 Å². The summed E-state index contributed by atoms with van der Waals surface area (Å²) in [6.07, 6.45) is 0. The Bertz CT molecular complexity index is 513. The number of aromatic nitrogens is 1. The van der Waals surface area contributed by atoms with Crippen LogP contribution in [0.15, 0.2) is 30.3 Å². The van der Waals surface area contributed by atoms with Crippen molar-refractivity contribution in [1.82, 2.24) is 4.98 Å². The summed E-state index contributed by atoms with van der Waals surface area (Å²) in [5.41, 5.74) is 6.77. The van der Waals surface area contributed by atoms with Crippen molar-refractivity contribution in [3.63, 3.8) is 0 Å². The zero-order valence-electron chi connectivity index (χ0n) is 8.79. The van der Waals surface area contributed by atoms with Crippen LogP contribution >= 0.6 is 23.7 Å². The van der Waals surface area contributed by atoms with Crippen molar-refractivity contribution in [3.05, 3.63) is 40.2 Å². The molecule has 17 heavy (non-hydrogen) atoms. The first kappa shape index (κ1) is 13.6. The van der Waals surface area contributed by atoms with Crippen molar-refractivity contribution in [2.24, 2.45) is 5.73 Å². The summed E-state index contributed by atoms with van der Waals surface area (Å²) < 4.78 is 0. The van der Waals surface area contributed by atoms with Gasteiger partial charge in [-0.1, -0.05) is 30.3 Å². The summed E-state index contributed by atoms with van der Waals surface area (Å²) in [5.74, 6) is -0.962. The van der Waals surface area contributed by atoms with Crippen LogP contribution in [0.5, 0.6) is 0 Å². The van der Waals surface area contributed by atoms with Gasteiger partial charge in [0.15, 0.2) is 0 Å². The molecule has 0 radical (unpaired) electrons. The van der Waals surface area contributed by atoms with Crippen LogP contribution in [-0.4, -0.2) is 16.1 Å². The number of carbonyl (C=O) groups is 1. The lowest BCUT2D eigenvalue weighted by Crippen LogP contribution is -1.95. The van der Waals surface area contributed by atoms with Gasteiger partial charge in [0.25, 0.3) is 0 Å². The maximum Gasteiger partial charge on any atom is 0.348 e. The summed E-state index contributed by atoms with van der Waals surface area (Å²) >= 11 is 1.13. The van der Waals surface area contributed by atoms with E-state index in [0.29, 0.717) is 10.7 Å². The third-order valence-corrected chi connectivity index (χ3v) is 3.15. The molecule has 0 bridgehead atoms. The largest absolute Gasteiger partial charge is 0.477 e. The van der Waals surface area contributed by atoms with Crippen LogP contribution in [0, 0.1) is 0 Å². The van der Waals surface area contributed by atoms with Gasteiger partial charge in [0.2, 0.25) is 0 Å². The Morgan fingerprint density at radius 1 is 1.35 bits per heavy atom. The molecule has 3 N–H and O–H groups in total. The minimum absolute atomic E-state index is 0. The van der Waals surface area contributed by atoms with E-state index in [2.05, 4.69) is 4.98 Å². The van der Waals surface area contributed by atoms with Crippen LogP contribution in [0.2, 0.25) is 0 Å². The van der Waals surface area contributed by atoms with Crippen molar-refractivity contribution >= 4 is 29.7 Å². The first-order valence-electron chi connectivity index (χ1n) is 4.71. The van der Waals surface area contributed by atoms with E-state index in [4.69, 9.17) is 10.8 Å². The number of benzene rings is 1. The summed E-state index contributed by atoms with van der Waals surface area (Å²) in [6.45, 7) is 0.262. The van der Waals surface area contributed by atoms with Crippen LogP contribution < -0.4 is 5.73 Å². The molecule has 0 amide bonds. The van der Waals surface area contributed by atoms with Crippen LogP contribution in [0.3, 0.4) is 0 Å². The summed E-state index contributed by atoms with van der Waals surface area (Å²) in [5, 5.41) is 9.70. The van der Waals surface area contributed by atoms with Crippen LogP contribution in [0.1, 0.15) is 14.7 Å². The number of halogens is 1. The van der Waals surface area contributed by atoms with Gasteiger partial charge in [-0.2, -0.15) is 0 Å². The fourth-order valence-corrected chi connectivity index (χ4v) is 2.19. The van der Waals surface area contributed by atoms with Crippen molar-refractivity contribution < 1.29 is 9.90 Å². The topological polar surface area (TPSA) is 76.2 Å². The molecule has 4 nitrogen and oxygen atoms in total. The highest BCUT2D eigenvalue weighted by Gasteiger charge is 2.17. The van der Waals surface area contributed by atoms with E-state index in [0.717, 1.165) is 16.9 Å². The fraction of sp³-hybridized carbons (Fsp3) is 0.0909. The number of carboxylic acids is 1. The molecule has 0 aliphatic rings. The van der Waals surface area contributed by atoms with Gasteiger partial charge >= 0.3 is 5.97 Å². The van der Waals surface area contributed by atoms with E-state index in [9.17, 15) is 4.79 Å². The maximum absolute atomic E-state index is 11.1. The highest BCUT2D eigenvalue weighted by atomic mass is 35.5. The number of aromatic carboxylic acids is 1. The molecule has 0 aliphatic heterocycles. The van der Waals surface area contributed by atoms with E-state index < -0.39 is 5.97 Å². The lowest BCUT2D eigenvalue weighted by molar-refractivity contribution is 0.0702.